The number of hydrogen-bond acceptors (Lipinski definition) is 4. The fourth-order valence-electron chi connectivity index (χ4n) is 2.99. The second kappa shape index (κ2) is 9.74. The number of aryl methyl sites for hydroxylation is 1. The first kappa shape index (κ1) is 24.4. The summed E-state index contributed by atoms with van der Waals surface area (Å²) in [5.41, 5.74) is -0.176. The molecule has 1 heterocycles. The van der Waals surface area contributed by atoms with Crippen molar-refractivity contribution in [3.8, 4) is 0 Å². The average Bonchev–Trinajstić information content (AvgIpc) is 3.27. The molecule has 0 atom stereocenters. The van der Waals surface area contributed by atoms with Crippen LogP contribution in [0.4, 0.5) is 32.0 Å². The van der Waals surface area contributed by atoms with Crippen LogP contribution in [-0.2, 0) is 30.0 Å². The summed E-state index contributed by atoms with van der Waals surface area (Å²) in [4.78, 5) is 28.1. The van der Waals surface area contributed by atoms with E-state index in [9.17, 15) is 35.9 Å². The maximum Gasteiger partial charge on any atom is 0.416 e. The van der Waals surface area contributed by atoms with E-state index in [2.05, 4.69) is 10.3 Å². The van der Waals surface area contributed by atoms with Gasteiger partial charge in [-0.25, -0.2) is 4.98 Å². The summed E-state index contributed by atoms with van der Waals surface area (Å²) in [6, 6.07) is 7.66. The van der Waals surface area contributed by atoms with Gasteiger partial charge in [0.15, 0.2) is 0 Å². The summed E-state index contributed by atoms with van der Waals surface area (Å²) in [7, 11) is 0. The highest BCUT2D eigenvalue weighted by Gasteiger charge is 2.36. The van der Waals surface area contributed by atoms with Gasteiger partial charge in [-0.2, -0.15) is 26.3 Å². The van der Waals surface area contributed by atoms with Crippen LogP contribution in [0, 0.1) is 0 Å². The number of aromatic nitrogens is 1. The standard InChI is InChI=1S/C22H16F6N2O2S/c23-21(24,25)15-7-14(8-16(10-15)22(26,27)28)3-6-18(31)9-13-1-4-17(5-2-13)30-20(32)19-11-33-12-29-19/h1-2,4-5,7-8,10-12H,3,6,9H2,(H,30,32). The number of rotatable bonds is 7. The van der Waals surface area contributed by atoms with Gasteiger partial charge in [-0.15, -0.1) is 11.3 Å². The van der Waals surface area contributed by atoms with Gasteiger partial charge in [0.2, 0.25) is 0 Å². The lowest BCUT2D eigenvalue weighted by atomic mass is 9.98. The van der Waals surface area contributed by atoms with Gasteiger partial charge in [0.05, 0.1) is 16.6 Å². The summed E-state index contributed by atoms with van der Waals surface area (Å²) in [6.45, 7) is 0. The Bertz CT molecular complexity index is 1090. The van der Waals surface area contributed by atoms with E-state index >= 15 is 0 Å². The van der Waals surface area contributed by atoms with Gasteiger partial charge < -0.3 is 5.32 Å². The van der Waals surface area contributed by atoms with Crippen molar-refractivity contribution >= 4 is 28.7 Å². The van der Waals surface area contributed by atoms with E-state index in [1.807, 2.05) is 0 Å². The van der Waals surface area contributed by atoms with Crippen LogP contribution in [0.2, 0.25) is 0 Å². The molecule has 0 aliphatic carbocycles. The van der Waals surface area contributed by atoms with Crippen molar-refractivity contribution in [2.24, 2.45) is 0 Å². The molecular formula is C22H16F6N2O2S. The molecule has 2 aromatic carbocycles. The molecule has 0 spiro atoms. The fraction of sp³-hybridized carbons (Fsp3) is 0.227. The number of ketones is 1. The minimum absolute atomic E-state index is 0.0502. The quantitative estimate of drug-likeness (QED) is 0.406. The number of nitrogens with one attached hydrogen (secondary N) is 1. The molecule has 0 unspecified atom stereocenters. The third-order valence-corrected chi connectivity index (χ3v) is 5.20. The molecule has 1 N–H and O–H groups in total. The number of carbonyl (C=O) groups excluding carboxylic acids is 2. The Morgan fingerprint density at radius 3 is 2.00 bits per heavy atom. The van der Waals surface area contributed by atoms with Crippen molar-refractivity contribution in [1.82, 2.24) is 4.98 Å². The number of thiazole rings is 1. The van der Waals surface area contributed by atoms with E-state index in [4.69, 9.17) is 0 Å². The number of Topliss-reactive ketones (excluding diaryl/α,β-unsaturated/α-hetero) is 1. The minimum atomic E-state index is -4.93. The summed E-state index contributed by atoms with van der Waals surface area (Å²) in [5, 5.41) is 4.23. The highest BCUT2D eigenvalue weighted by molar-refractivity contribution is 7.07. The Labute approximate surface area is 188 Å². The molecule has 1 aromatic heterocycles. The molecule has 3 rings (SSSR count). The van der Waals surface area contributed by atoms with Gasteiger partial charge in [0.25, 0.3) is 5.91 Å². The van der Waals surface area contributed by atoms with Gasteiger partial charge in [-0.3, -0.25) is 9.59 Å². The number of carbonyl (C=O) groups is 2. The van der Waals surface area contributed by atoms with Crippen LogP contribution < -0.4 is 5.32 Å². The smallest absolute Gasteiger partial charge is 0.321 e. The van der Waals surface area contributed by atoms with Crippen LogP contribution in [0.25, 0.3) is 0 Å². The van der Waals surface area contributed by atoms with Gasteiger partial charge in [-0.1, -0.05) is 12.1 Å². The van der Waals surface area contributed by atoms with Crippen LogP contribution in [-0.4, -0.2) is 16.7 Å². The predicted molar refractivity (Wildman–Crippen MR) is 110 cm³/mol. The third-order valence-electron chi connectivity index (χ3n) is 4.62. The molecule has 174 valence electrons. The predicted octanol–water partition coefficient (Wildman–Crippen LogP) is 6.18. The van der Waals surface area contributed by atoms with Crippen molar-refractivity contribution in [3.05, 3.63) is 81.3 Å². The SMILES string of the molecule is O=C(CCc1cc(C(F)(F)F)cc(C(F)(F)F)c1)Cc1ccc(NC(=O)c2cscn2)cc1. The summed E-state index contributed by atoms with van der Waals surface area (Å²) < 4.78 is 77.7. The van der Waals surface area contributed by atoms with Gasteiger partial charge in [-0.05, 0) is 47.9 Å². The molecule has 0 aliphatic rings. The summed E-state index contributed by atoms with van der Waals surface area (Å²) in [6.07, 6.45) is -10.4. The third kappa shape index (κ3) is 6.88. The molecule has 33 heavy (non-hydrogen) atoms. The van der Waals surface area contributed by atoms with Crippen LogP contribution in [0.1, 0.15) is 39.2 Å². The molecule has 0 bridgehead atoms. The highest BCUT2D eigenvalue weighted by Crippen LogP contribution is 2.36. The Morgan fingerprint density at radius 1 is 0.879 bits per heavy atom. The van der Waals surface area contributed by atoms with Crippen molar-refractivity contribution in [3.63, 3.8) is 0 Å². The van der Waals surface area contributed by atoms with Gasteiger partial charge in [0.1, 0.15) is 11.5 Å². The molecule has 4 nitrogen and oxygen atoms in total. The monoisotopic (exact) mass is 486 g/mol. The second-order valence-corrected chi connectivity index (χ2v) is 7.87. The van der Waals surface area contributed by atoms with E-state index in [0.29, 0.717) is 23.4 Å². The largest absolute Gasteiger partial charge is 0.416 e. The average molecular weight is 486 g/mol. The molecule has 0 fully saturated rings. The number of amides is 1. The topological polar surface area (TPSA) is 59.1 Å². The van der Waals surface area contributed by atoms with Crippen molar-refractivity contribution in [2.45, 2.75) is 31.6 Å². The Kier molecular flexibility index (Phi) is 7.21. The zero-order valence-electron chi connectivity index (χ0n) is 16.8. The first-order valence-electron chi connectivity index (χ1n) is 9.50. The Balaban J connectivity index is 1.60. The van der Waals surface area contributed by atoms with E-state index < -0.39 is 23.5 Å². The molecule has 0 radical (unpaired) electrons. The number of halogens is 6. The van der Waals surface area contributed by atoms with Gasteiger partial charge >= 0.3 is 12.4 Å². The van der Waals surface area contributed by atoms with E-state index in [-0.39, 0.29) is 48.3 Å². The van der Waals surface area contributed by atoms with Gasteiger partial charge in [0, 0.05) is 23.9 Å². The number of nitrogens with zero attached hydrogens (tertiary/aromatic N) is 1. The van der Waals surface area contributed by atoms with E-state index in [1.165, 1.54) is 16.8 Å². The zero-order chi connectivity index (χ0) is 24.2. The molecule has 0 aliphatic heterocycles. The Morgan fingerprint density at radius 2 is 1.48 bits per heavy atom. The number of anilines is 1. The van der Waals surface area contributed by atoms with Crippen molar-refractivity contribution < 1.29 is 35.9 Å². The van der Waals surface area contributed by atoms with E-state index in [0.717, 1.165) is 0 Å². The Hall–Kier alpha value is -3.21. The molecule has 0 saturated heterocycles. The normalized spacial score (nSPS) is 11.9. The number of benzene rings is 2. The number of alkyl halides is 6. The van der Waals surface area contributed by atoms with E-state index in [1.54, 1.807) is 29.6 Å². The molecule has 0 saturated carbocycles. The highest BCUT2D eigenvalue weighted by atomic mass is 32.1. The molecular weight excluding hydrogens is 470 g/mol. The lowest BCUT2D eigenvalue weighted by Crippen LogP contribution is -2.13. The number of hydrogen-bond donors (Lipinski definition) is 1. The zero-order valence-corrected chi connectivity index (χ0v) is 17.6. The molecule has 11 heteroatoms. The lowest BCUT2D eigenvalue weighted by Gasteiger charge is -2.14. The van der Waals surface area contributed by atoms with Crippen LogP contribution >= 0.6 is 11.3 Å². The lowest BCUT2D eigenvalue weighted by molar-refractivity contribution is -0.143. The van der Waals surface area contributed by atoms with Crippen molar-refractivity contribution in [2.75, 3.05) is 5.32 Å². The minimum Gasteiger partial charge on any atom is -0.321 e. The second-order valence-electron chi connectivity index (χ2n) is 7.15. The first-order valence-corrected chi connectivity index (χ1v) is 10.4. The maximum absolute atomic E-state index is 13.0. The molecule has 3 aromatic rings. The summed E-state index contributed by atoms with van der Waals surface area (Å²) >= 11 is 1.27. The maximum atomic E-state index is 13.0. The first-order chi connectivity index (χ1) is 15.4. The molecule has 1 amide bonds. The van der Waals surface area contributed by atoms with Crippen LogP contribution in [0.5, 0.6) is 0 Å². The van der Waals surface area contributed by atoms with Crippen molar-refractivity contribution in [1.29, 1.82) is 0 Å². The fourth-order valence-corrected chi connectivity index (χ4v) is 3.52. The van der Waals surface area contributed by atoms with Crippen LogP contribution in [0.15, 0.2) is 53.4 Å². The summed E-state index contributed by atoms with van der Waals surface area (Å²) in [5.74, 6) is -0.736. The van der Waals surface area contributed by atoms with Crippen LogP contribution in [0.3, 0.4) is 0 Å².